The lowest BCUT2D eigenvalue weighted by molar-refractivity contribution is -0.122. The van der Waals surface area contributed by atoms with Gasteiger partial charge in [0.1, 0.15) is 0 Å². The Morgan fingerprint density at radius 3 is 2.74 bits per heavy atom. The molecule has 1 fully saturated rings. The highest BCUT2D eigenvalue weighted by Gasteiger charge is 2.19. The number of thiazole rings is 1. The van der Waals surface area contributed by atoms with Crippen LogP contribution in [0.5, 0.6) is 0 Å². The standard InChI is InChI=1S/C13H22N4OS/c1-2-3-14-13(18)9-17-6-4-16(5-7-17)8-12-10-19-11-15-12/h10-11H,2-9H2,1H3,(H,14,18). The van der Waals surface area contributed by atoms with Crippen molar-refractivity contribution < 1.29 is 4.79 Å². The molecule has 5 nitrogen and oxygen atoms in total. The summed E-state index contributed by atoms with van der Waals surface area (Å²) in [5.74, 6) is 0.148. The number of nitrogens with one attached hydrogen (secondary N) is 1. The van der Waals surface area contributed by atoms with E-state index >= 15 is 0 Å². The zero-order valence-corrected chi connectivity index (χ0v) is 12.3. The Hall–Kier alpha value is -0.980. The summed E-state index contributed by atoms with van der Waals surface area (Å²) in [6.07, 6.45) is 0.993. The van der Waals surface area contributed by atoms with Crippen molar-refractivity contribution >= 4 is 17.2 Å². The van der Waals surface area contributed by atoms with E-state index in [-0.39, 0.29) is 5.91 Å². The van der Waals surface area contributed by atoms with Crippen LogP contribution in [0.4, 0.5) is 0 Å². The largest absolute Gasteiger partial charge is 0.355 e. The molecule has 1 aliphatic rings. The molecular weight excluding hydrogens is 260 g/mol. The van der Waals surface area contributed by atoms with E-state index in [0.717, 1.165) is 51.4 Å². The molecule has 1 aromatic rings. The van der Waals surface area contributed by atoms with Crippen molar-refractivity contribution in [2.24, 2.45) is 0 Å². The predicted octanol–water partition coefficient (Wildman–Crippen LogP) is 0.787. The van der Waals surface area contributed by atoms with Crippen molar-refractivity contribution in [2.45, 2.75) is 19.9 Å². The quantitative estimate of drug-likeness (QED) is 0.838. The van der Waals surface area contributed by atoms with E-state index in [9.17, 15) is 4.79 Å². The lowest BCUT2D eigenvalue weighted by Gasteiger charge is -2.33. The van der Waals surface area contributed by atoms with Crippen LogP contribution in [-0.2, 0) is 11.3 Å². The minimum Gasteiger partial charge on any atom is -0.355 e. The van der Waals surface area contributed by atoms with Crippen LogP contribution in [0.15, 0.2) is 10.9 Å². The summed E-state index contributed by atoms with van der Waals surface area (Å²) in [6, 6.07) is 0. The SMILES string of the molecule is CCCNC(=O)CN1CCN(Cc2cscn2)CC1. The predicted molar refractivity (Wildman–Crippen MR) is 77.1 cm³/mol. The summed E-state index contributed by atoms with van der Waals surface area (Å²) in [5.41, 5.74) is 3.03. The van der Waals surface area contributed by atoms with E-state index < -0.39 is 0 Å². The maximum atomic E-state index is 11.6. The molecule has 1 saturated heterocycles. The summed E-state index contributed by atoms with van der Waals surface area (Å²) >= 11 is 1.64. The average Bonchev–Trinajstić information content (AvgIpc) is 2.91. The number of nitrogens with zero attached hydrogens (tertiary/aromatic N) is 3. The second-order valence-corrected chi connectivity index (χ2v) is 5.60. The van der Waals surface area contributed by atoms with Gasteiger partial charge < -0.3 is 5.32 Å². The Bertz CT molecular complexity index is 374. The molecule has 0 aliphatic carbocycles. The molecule has 0 aromatic carbocycles. The Morgan fingerprint density at radius 2 is 2.11 bits per heavy atom. The summed E-state index contributed by atoms with van der Waals surface area (Å²) < 4.78 is 0. The molecule has 2 rings (SSSR count). The van der Waals surface area contributed by atoms with E-state index in [0.29, 0.717) is 6.54 Å². The highest BCUT2D eigenvalue weighted by Crippen LogP contribution is 2.08. The molecule has 2 heterocycles. The second kappa shape index (κ2) is 7.57. The van der Waals surface area contributed by atoms with Crippen LogP contribution < -0.4 is 5.32 Å². The van der Waals surface area contributed by atoms with Crippen molar-refractivity contribution in [3.63, 3.8) is 0 Å². The van der Waals surface area contributed by atoms with Crippen molar-refractivity contribution in [1.29, 1.82) is 0 Å². The van der Waals surface area contributed by atoms with E-state index in [1.54, 1.807) is 11.3 Å². The van der Waals surface area contributed by atoms with Gasteiger partial charge in [0.15, 0.2) is 0 Å². The summed E-state index contributed by atoms with van der Waals surface area (Å²) in [6.45, 7) is 8.26. The average molecular weight is 282 g/mol. The van der Waals surface area contributed by atoms with Gasteiger partial charge in [-0.1, -0.05) is 6.92 Å². The number of hydrogen-bond donors (Lipinski definition) is 1. The smallest absolute Gasteiger partial charge is 0.234 e. The van der Waals surface area contributed by atoms with Crippen LogP contribution in [-0.4, -0.2) is 60.0 Å². The lowest BCUT2D eigenvalue weighted by Crippen LogP contribution is -2.49. The van der Waals surface area contributed by atoms with Crippen LogP contribution in [0.3, 0.4) is 0 Å². The first-order chi connectivity index (χ1) is 9.28. The molecule has 106 valence electrons. The molecule has 0 atom stereocenters. The third kappa shape index (κ3) is 4.89. The summed E-state index contributed by atoms with van der Waals surface area (Å²) in [5, 5.41) is 5.03. The molecule has 1 aromatic heterocycles. The van der Waals surface area contributed by atoms with Gasteiger partial charge in [-0.05, 0) is 6.42 Å². The van der Waals surface area contributed by atoms with Gasteiger partial charge in [0, 0.05) is 44.6 Å². The second-order valence-electron chi connectivity index (χ2n) is 4.88. The third-order valence-electron chi connectivity index (χ3n) is 3.27. The highest BCUT2D eigenvalue weighted by atomic mass is 32.1. The molecule has 6 heteroatoms. The Kier molecular flexibility index (Phi) is 5.75. The fraction of sp³-hybridized carbons (Fsp3) is 0.692. The number of carbonyl (C=O) groups is 1. The van der Waals surface area contributed by atoms with Crippen LogP contribution in [0, 0.1) is 0 Å². The topological polar surface area (TPSA) is 48.5 Å². The maximum Gasteiger partial charge on any atom is 0.234 e. The molecule has 1 amide bonds. The highest BCUT2D eigenvalue weighted by molar-refractivity contribution is 7.07. The lowest BCUT2D eigenvalue weighted by atomic mass is 10.3. The Balaban J connectivity index is 1.66. The normalized spacial score (nSPS) is 17.5. The van der Waals surface area contributed by atoms with Gasteiger partial charge in [-0.15, -0.1) is 11.3 Å². The molecule has 0 saturated carbocycles. The van der Waals surface area contributed by atoms with Gasteiger partial charge in [0.05, 0.1) is 17.7 Å². The Labute approximate surface area is 118 Å². The van der Waals surface area contributed by atoms with Crippen LogP contribution in [0.1, 0.15) is 19.0 Å². The van der Waals surface area contributed by atoms with Crippen LogP contribution in [0.25, 0.3) is 0 Å². The fourth-order valence-electron chi connectivity index (χ4n) is 2.17. The van der Waals surface area contributed by atoms with E-state index in [4.69, 9.17) is 0 Å². The zero-order chi connectivity index (χ0) is 13.5. The minimum atomic E-state index is 0.148. The molecular formula is C13H22N4OS. The maximum absolute atomic E-state index is 11.6. The zero-order valence-electron chi connectivity index (χ0n) is 11.5. The van der Waals surface area contributed by atoms with Crippen LogP contribution in [0.2, 0.25) is 0 Å². The Morgan fingerprint density at radius 1 is 1.37 bits per heavy atom. The van der Waals surface area contributed by atoms with Crippen molar-refractivity contribution in [2.75, 3.05) is 39.3 Å². The molecule has 0 unspecified atom stereocenters. The van der Waals surface area contributed by atoms with Crippen molar-refractivity contribution in [3.8, 4) is 0 Å². The number of hydrogen-bond acceptors (Lipinski definition) is 5. The molecule has 0 spiro atoms. The van der Waals surface area contributed by atoms with Gasteiger partial charge in [-0.2, -0.15) is 0 Å². The van der Waals surface area contributed by atoms with Gasteiger partial charge in [-0.3, -0.25) is 14.6 Å². The molecule has 19 heavy (non-hydrogen) atoms. The molecule has 0 radical (unpaired) electrons. The van der Waals surface area contributed by atoms with E-state index in [1.807, 2.05) is 5.51 Å². The first-order valence-electron chi connectivity index (χ1n) is 6.86. The molecule has 1 N–H and O–H groups in total. The fourth-order valence-corrected chi connectivity index (χ4v) is 2.72. The van der Waals surface area contributed by atoms with E-state index in [1.165, 1.54) is 0 Å². The molecule has 0 bridgehead atoms. The first kappa shape index (κ1) is 14.4. The number of aromatic nitrogens is 1. The van der Waals surface area contributed by atoms with Gasteiger partial charge >= 0.3 is 0 Å². The van der Waals surface area contributed by atoms with Gasteiger partial charge in [-0.25, -0.2) is 4.98 Å². The summed E-state index contributed by atoms with van der Waals surface area (Å²) in [7, 11) is 0. The number of carbonyl (C=O) groups excluding carboxylic acids is 1. The van der Waals surface area contributed by atoms with Gasteiger partial charge in [0.25, 0.3) is 0 Å². The first-order valence-corrected chi connectivity index (χ1v) is 7.80. The van der Waals surface area contributed by atoms with E-state index in [2.05, 4.69) is 32.4 Å². The van der Waals surface area contributed by atoms with Crippen molar-refractivity contribution in [1.82, 2.24) is 20.1 Å². The number of rotatable bonds is 6. The minimum absolute atomic E-state index is 0.148. The van der Waals surface area contributed by atoms with Crippen LogP contribution >= 0.6 is 11.3 Å². The number of piperazine rings is 1. The third-order valence-corrected chi connectivity index (χ3v) is 3.91. The summed E-state index contributed by atoms with van der Waals surface area (Å²) in [4.78, 5) is 20.6. The number of amides is 1. The van der Waals surface area contributed by atoms with Gasteiger partial charge in [0.2, 0.25) is 5.91 Å². The van der Waals surface area contributed by atoms with Crippen molar-refractivity contribution in [3.05, 3.63) is 16.6 Å². The molecule has 1 aliphatic heterocycles. The monoisotopic (exact) mass is 282 g/mol.